The van der Waals surface area contributed by atoms with Crippen molar-refractivity contribution in [3.05, 3.63) is 69.7 Å². The Balaban J connectivity index is 1.53. The molecule has 0 unspecified atom stereocenters. The molecule has 0 aromatic heterocycles. The summed E-state index contributed by atoms with van der Waals surface area (Å²) in [7, 11) is 0. The summed E-state index contributed by atoms with van der Waals surface area (Å²) < 4.78 is 0. The second-order valence-electron chi connectivity index (χ2n) is 5.74. The van der Waals surface area contributed by atoms with Gasteiger partial charge in [-0.2, -0.15) is 5.10 Å². The molecule has 120 valence electrons. The van der Waals surface area contributed by atoms with E-state index in [9.17, 15) is 0 Å². The number of hydrogen-bond acceptors (Lipinski definition) is 2. The first-order valence-electron chi connectivity index (χ1n) is 7.83. The zero-order valence-corrected chi connectivity index (χ0v) is 14.4. The van der Waals surface area contributed by atoms with Crippen LogP contribution < -0.4 is 4.90 Å². The average molecular weight is 349 g/mol. The van der Waals surface area contributed by atoms with Crippen molar-refractivity contribution < 1.29 is 4.90 Å². The van der Waals surface area contributed by atoms with Gasteiger partial charge in [-0.05, 0) is 12.1 Å². The number of nitrogens with zero attached hydrogens (tertiary/aromatic N) is 2. The standard InChI is InChI=1S/C18H19Cl2N3/c19-17-7-3-1-5-15(17)13-21-23-11-9-22(10-12-23)14-16-6-2-4-8-18(16)20/h1-8,13H,9-12,14H2/p+1/b21-13-. The summed E-state index contributed by atoms with van der Waals surface area (Å²) in [6, 6.07) is 15.8. The van der Waals surface area contributed by atoms with Crippen LogP contribution in [0.2, 0.25) is 10.0 Å². The molecule has 1 aliphatic heterocycles. The zero-order valence-electron chi connectivity index (χ0n) is 12.9. The summed E-state index contributed by atoms with van der Waals surface area (Å²) in [5, 5.41) is 8.26. The van der Waals surface area contributed by atoms with Crippen LogP contribution in [0, 0.1) is 0 Å². The van der Waals surface area contributed by atoms with E-state index in [4.69, 9.17) is 23.2 Å². The van der Waals surface area contributed by atoms with Crippen molar-refractivity contribution in [1.82, 2.24) is 5.01 Å². The smallest absolute Gasteiger partial charge is 0.104 e. The molecule has 2 aromatic rings. The van der Waals surface area contributed by atoms with Crippen LogP contribution in [0.25, 0.3) is 0 Å². The summed E-state index contributed by atoms with van der Waals surface area (Å²) in [5.74, 6) is 0. The Morgan fingerprint density at radius 3 is 2.30 bits per heavy atom. The highest BCUT2D eigenvalue weighted by atomic mass is 35.5. The minimum atomic E-state index is 0.735. The van der Waals surface area contributed by atoms with Crippen molar-refractivity contribution in [3.8, 4) is 0 Å². The minimum Gasteiger partial charge on any atom is -0.328 e. The Morgan fingerprint density at radius 2 is 1.61 bits per heavy atom. The molecule has 3 rings (SSSR count). The van der Waals surface area contributed by atoms with E-state index in [-0.39, 0.29) is 0 Å². The highest BCUT2D eigenvalue weighted by Gasteiger charge is 2.19. The Labute approximate surface area is 147 Å². The van der Waals surface area contributed by atoms with Gasteiger partial charge in [-0.3, -0.25) is 5.01 Å². The second kappa shape index (κ2) is 7.82. The summed E-state index contributed by atoms with van der Waals surface area (Å²) >= 11 is 12.4. The van der Waals surface area contributed by atoms with Gasteiger partial charge in [0.1, 0.15) is 6.54 Å². The van der Waals surface area contributed by atoms with E-state index in [0.717, 1.165) is 48.3 Å². The highest BCUT2D eigenvalue weighted by Crippen LogP contribution is 2.14. The summed E-state index contributed by atoms with van der Waals surface area (Å²) in [6.45, 7) is 4.99. The summed E-state index contributed by atoms with van der Waals surface area (Å²) in [6.07, 6.45) is 1.85. The number of hydrogen-bond donors (Lipinski definition) is 1. The lowest BCUT2D eigenvalue weighted by molar-refractivity contribution is -0.918. The number of rotatable bonds is 4. The summed E-state index contributed by atoms with van der Waals surface area (Å²) in [4.78, 5) is 1.54. The van der Waals surface area contributed by atoms with Crippen LogP contribution in [0.1, 0.15) is 11.1 Å². The van der Waals surface area contributed by atoms with Crippen LogP contribution in [0.15, 0.2) is 53.6 Å². The predicted octanol–water partition coefficient (Wildman–Crippen LogP) is 2.73. The van der Waals surface area contributed by atoms with Crippen LogP contribution in [0.4, 0.5) is 0 Å². The minimum absolute atomic E-state index is 0.735. The highest BCUT2D eigenvalue weighted by molar-refractivity contribution is 6.33. The lowest BCUT2D eigenvalue weighted by Gasteiger charge is -2.30. The molecule has 1 aliphatic rings. The largest absolute Gasteiger partial charge is 0.328 e. The molecule has 1 saturated heterocycles. The van der Waals surface area contributed by atoms with E-state index in [0.29, 0.717) is 0 Å². The number of nitrogens with one attached hydrogen (secondary N) is 1. The van der Waals surface area contributed by atoms with E-state index in [1.54, 1.807) is 4.90 Å². The topological polar surface area (TPSA) is 20.0 Å². The van der Waals surface area contributed by atoms with Gasteiger partial charge in [-0.25, -0.2) is 0 Å². The normalized spacial score (nSPS) is 16.2. The van der Waals surface area contributed by atoms with Gasteiger partial charge in [0.25, 0.3) is 0 Å². The van der Waals surface area contributed by atoms with Crippen molar-refractivity contribution in [2.75, 3.05) is 26.2 Å². The van der Waals surface area contributed by atoms with Crippen molar-refractivity contribution in [1.29, 1.82) is 0 Å². The fourth-order valence-corrected chi connectivity index (χ4v) is 3.13. The molecule has 3 nitrogen and oxygen atoms in total. The number of halogens is 2. The van der Waals surface area contributed by atoms with Crippen molar-refractivity contribution in [2.45, 2.75) is 6.54 Å². The van der Waals surface area contributed by atoms with Gasteiger partial charge in [0.2, 0.25) is 0 Å². The maximum absolute atomic E-state index is 6.24. The van der Waals surface area contributed by atoms with E-state index >= 15 is 0 Å². The third kappa shape index (κ3) is 4.47. The molecule has 5 heteroatoms. The molecule has 0 spiro atoms. The molecule has 0 bridgehead atoms. The fraction of sp³-hybridized carbons (Fsp3) is 0.278. The maximum Gasteiger partial charge on any atom is 0.104 e. The first kappa shape index (κ1) is 16.3. The van der Waals surface area contributed by atoms with Gasteiger partial charge in [-0.1, -0.05) is 59.6 Å². The van der Waals surface area contributed by atoms with Crippen LogP contribution in [0.3, 0.4) is 0 Å². The van der Waals surface area contributed by atoms with Crippen molar-refractivity contribution in [3.63, 3.8) is 0 Å². The molecule has 23 heavy (non-hydrogen) atoms. The Bertz CT molecular complexity index is 679. The monoisotopic (exact) mass is 348 g/mol. The molecule has 1 fully saturated rings. The van der Waals surface area contributed by atoms with Crippen molar-refractivity contribution in [2.24, 2.45) is 5.10 Å². The van der Waals surface area contributed by atoms with Crippen LogP contribution in [-0.4, -0.2) is 37.4 Å². The van der Waals surface area contributed by atoms with Gasteiger partial charge in [-0.15, -0.1) is 0 Å². The second-order valence-corrected chi connectivity index (χ2v) is 6.55. The van der Waals surface area contributed by atoms with E-state index in [1.165, 1.54) is 5.56 Å². The van der Waals surface area contributed by atoms with Crippen molar-refractivity contribution >= 4 is 29.4 Å². The molecular formula is C18H20Cl2N3+. The molecule has 0 saturated carbocycles. The van der Waals surface area contributed by atoms with Crippen LogP contribution in [0.5, 0.6) is 0 Å². The molecule has 1 heterocycles. The Hall–Kier alpha value is -1.55. The Morgan fingerprint density at radius 1 is 0.957 bits per heavy atom. The van der Waals surface area contributed by atoms with E-state index in [1.807, 2.05) is 48.7 Å². The molecule has 0 radical (unpaired) electrons. The first-order valence-corrected chi connectivity index (χ1v) is 8.58. The molecule has 0 atom stereocenters. The quantitative estimate of drug-likeness (QED) is 0.842. The van der Waals surface area contributed by atoms with Gasteiger partial charge in [0.05, 0.1) is 32.4 Å². The number of hydrazone groups is 1. The zero-order chi connectivity index (χ0) is 16.1. The average Bonchev–Trinajstić information content (AvgIpc) is 2.57. The number of piperazine rings is 1. The lowest BCUT2D eigenvalue weighted by atomic mass is 10.2. The number of benzene rings is 2. The van der Waals surface area contributed by atoms with Gasteiger partial charge in [0, 0.05) is 21.2 Å². The molecular weight excluding hydrogens is 329 g/mol. The number of quaternary nitrogens is 1. The molecule has 0 amide bonds. The third-order valence-corrected chi connectivity index (χ3v) is 4.82. The molecule has 0 aliphatic carbocycles. The van der Waals surface area contributed by atoms with Gasteiger partial charge < -0.3 is 4.90 Å². The molecule has 2 aromatic carbocycles. The lowest BCUT2D eigenvalue weighted by Crippen LogP contribution is -3.13. The van der Waals surface area contributed by atoms with E-state index < -0.39 is 0 Å². The third-order valence-electron chi connectivity index (χ3n) is 4.11. The van der Waals surface area contributed by atoms with E-state index in [2.05, 4.69) is 16.2 Å². The van der Waals surface area contributed by atoms with Gasteiger partial charge >= 0.3 is 0 Å². The maximum atomic E-state index is 6.24. The van der Waals surface area contributed by atoms with Crippen LogP contribution >= 0.6 is 23.2 Å². The van der Waals surface area contributed by atoms with Gasteiger partial charge in [0.15, 0.2) is 0 Å². The SMILES string of the molecule is Clc1ccccc1/C=N\N1CC[NH+](Cc2ccccc2Cl)CC1. The fourth-order valence-electron chi connectivity index (χ4n) is 2.74. The molecule has 1 N–H and O–H groups in total. The predicted molar refractivity (Wildman–Crippen MR) is 96.5 cm³/mol. The summed E-state index contributed by atoms with van der Waals surface area (Å²) in [5.41, 5.74) is 2.18. The Kier molecular flexibility index (Phi) is 5.55. The first-order chi connectivity index (χ1) is 11.2. The van der Waals surface area contributed by atoms with Crippen LogP contribution in [-0.2, 0) is 6.54 Å².